The Morgan fingerprint density at radius 2 is 2.43 bits per heavy atom. The molecule has 1 saturated heterocycles. The molecular weight excluding hydrogens is 181 g/mol. The largest absolute Gasteiger partial charge is 0.382 e. The van der Waals surface area contributed by atoms with E-state index in [0.29, 0.717) is 6.10 Å². The molecule has 1 N–H and O–H groups in total. The minimum atomic E-state index is -0.206. The Morgan fingerprint density at radius 3 is 3.14 bits per heavy atom. The quantitative estimate of drug-likeness (QED) is 0.799. The van der Waals surface area contributed by atoms with Crippen molar-refractivity contribution in [2.45, 2.75) is 18.9 Å². The van der Waals surface area contributed by atoms with Crippen molar-refractivity contribution >= 4 is 5.69 Å². The van der Waals surface area contributed by atoms with Gasteiger partial charge in [-0.05, 0) is 31.0 Å². The third-order valence-electron chi connectivity index (χ3n) is 2.38. The highest BCUT2D eigenvalue weighted by molar-refractivity contribution is 5.43. The third-order valence-corrected chi connectivity index (χ3v) is 2.38. The van der Waals surface area contributed by atoms with Gasteiger partial charge in [-0.25, -0.2) is 4.39 Å². The maximum Gasteiger partial charge on any atom is 0.125 e. The van der Waals surface area contributed by atoms with Crippen LogP contribution in [0.2, 0.25) is 0 Å². The molecule has 1 atom stereocenters. The average Bonchev–Trinajstić information content (AvgIpc) is 2.67. The highest BCUT2D eigenvalue weighted by Crippen LogP contribution is 2.14. The molecule has 1 fully saturated rings. The van der Waals surface area contributed by atoms with Crippen molar-refractivity contribution in [3.8, 4) is 0 Å². The molecule has 76 valence electrons. The first-order valence-electron chi connectivity index (χ1n) is 4.95. The molecule has 0 aromatic heterocycles. The number of hydrogen-bond donors (Lipinski definition) is 1. The number of ether oxygens (including phenoxy) is 1. The molecule has 1 heterocycles. The summed E-state index contributed by atoms with van der Waals surface area (Å²) in [4.78, 5) is 0. The zero-order valence-electron chi connectivity index (χ0n) is 8.00. The predicted molar refractivity (Wildman–Crippen MR) is 53.9 cm³/mol. The second-order valence-corrected chi connectivity index (χ2v) is 3.53. The molecule has 0 radical (unpaired) electrons. The number of hydrogen-bond acceptors (Lipinski definition) is 2. The van der Waals surface area contributed by atoms with E-state index in [9.17, 15) is 4.39 Å². The van der Waals surface area contributed by atoms with Crippen LogP contribution in [-0.2, 0) is 4.74 Å². The van der Waals surface area contributed by atoms with E-state index in [1.54, 1.807) is 6.07 Å². The van der Waals surface area contributed by atoms with E-state index in [1.165, 1.54) is 12.1 Å². The highest BCUT2D eigenvalue weighted by Gasteiger charge is 2.14. The molecule has 1 unspecified atom stereocenters. The summed E-state index contributed by atoms with van der Waals surface area (Å²) >= 11 is 0. The van der Waals surface area contributed by atoms with Gasteiger partial charge in [0.2, 0.25) is 0 Å². The van der Waals surface area contributed by atoms with E-state index < -0.39 is 0 Å². The fraction of sp³-hybridized carbons (Fsp3) is 0.455. The van der Waals surface area contributed by atoms with Crippen molar-refractivity contribution in [1.82, 2.24) is 0 Å². The van der Waals surface area contributed by atoms with Crippen LogP contribution in [0, 0.1) is 5.82 Å². The fourth-order valence-corrected chi connectivity index (χ4v) is 1.64. The summed E-state index contributed by atoms with van der Waals surface area (Å²) in [5.41, 5.74) is 0.820. The Kier molecular flexibility index (Phi) is 2.99. The number of benzene rings is 1. The molecule has 0 bridgehead atoms. The zero-order valence-corrected chi connectivity index (χ0v) is 8.00. The first kappa shape index (κ1) is 9.46. The van der Waals surface area contributed by atoms with Crippen molar-refractivity contribution in [3.63, 3.8) is 0 Å². The SMILES string of the molecule is Fc1cccc(NCC2CCCO2)c1. The van der Waals surface area contributed by atoms with Crippen molar-refractivity contribution in [3.05, 3.63) is 30.1 Å². The van der Waals surface area contributed by atoms with Crippen LogP contribution in [0.4, 0.5) is 10.1 Å². The van der Waals surface area contributed by atoms with Gasteiger partial charge < -0.3 is 10.1 Å². The van der Waals surface area contributed by atoms with E-state index in [-0.39, 0.29) is 5.82 Å². The molecule has 0 aliphatic carbocycles. The lowest BCUT2D eigenvalue weighted by Gasteiger charge is -2.11. The zero-order chi connectivity index (χ0) is 9.80. The normalized spacial score (nSPS) is 21.1. The molecule has 14 heavy (non-hydrogen) atoms. The predicted octanol–water partition coefficient (Wildman–Crippen LogP) is 2.42. The smallest absolute Gasteiger partial charge is 0.125 e. The maximum absolute atomic E-state index is 12.8. The lowest BCUT2D eigenvalue weighted by Crippen LogP contribution is -2.18. The second kappa shape index (κ2) is 4.42. The van der Waals surface area contributed by atoms with Crippen LogP contribution in [0.25, 0.3) is 0 Å². The van der Waals surface area contributed by atoms with Gasteiger partial charge in [-0.3, -0.25) is 0 Å². The van der Waals surface area contributed by atoms with Gasteiger partial charge in [-0.15, -0.1) is 0 Å². The van der Waals surface area contributed by atoms with Crippen molar-refractivity contribution in [2.24, 2.45) is 0 Å². The molecule has 1 aromatic carbocycles. The third kappa shape index (κ3) is 2.45. The molecule has 0 spiro atoms. The van der Waals surface area contributed by atoms with Gasteiger partial charge in [0.25, 0.3) is 0 Å². The minimum absolute atomic E-state index is 0.206. The second-order valence-electron chi connectivity index (χ2n) is 3.53. The average molecular weight is 195 g/mol. The van der Waals surface area contributed by atoms with Gasteiger partial charge in [0.1, 0.15) is 5.82 Å². The van der Waals surface area contributed by atoms with Gasteiger partial charge in [0.05, 0.1) is 6.10 Å². The van der Waals surface area contributed by atoms with Gasteiger partial charge in [-0.2, -0.15) is 0 Å². The molecule has 1 aliphatic rings. The van der Waals surface area contributed by atoms with E-state index in [1.807, 2.05) is 6.07 Å². The van der Waals surface area contributed by atoms with Crippen LogP contribution >= 0.6 is 0 Å². The van der Waals surface area contributed by atoms with E-state index in [4.69, 9.17) is 4.74 Å². The van der Waals surface area contributed by atoms with Crippen LogP contribution < -0.4 is 5.32 Å². The summed E-state index contributed by atoms with van der Waals surface area (Å²) in [5, 5.41) is 3.16. The van der Waals surface area contributed by atoms with Crippen LogP contribution in [-0.4, -0.2) is 19.3 Å². The minimum Gasteiger partial charge on any atom is -0.382 e. The lowest BCUT2D eigenvalue weighted by molar-refractivity contribution is 0.120. The standard InChI is InChI=1S/C11H14FNO/c12-9-3-1-4-10(7-9)13-8-11-5-2-6-14-11/h1,3-4,7,11,13H,2,5-6,8H2. The van der Waals surface area contributed by atoms with Crippen LogP contribution in [0.1, 0.15) is 12.8 Å². The summed E-state index contributed by atoms with van der Waals surface area (Å²) in [5.74, 6) is -0.206. The summed E-state index contributed by atoms with van der Waals surface area (Å²) in [6.45, 7) is 1.62. The van der Waals surface area contributed by atoms with Gasteiger partial charge in [-0.1, -0.05) is 6.07 Å². The number of nitrogens with one attached hydrogen (secondary N) is 1. The summed E-state index contributed by atoms with van der Waals surface area (Å²) in [6, 6.07) is 6.50. The molecule has 1 aromatic rings. The van der Waals surface area contributed by atoms with Crippen molar-refractivity contribution in [1.29, 1.82) is 0 Å². The Morgan fingerprint density at radius 1 is 1.50 bits per heavy atom. The summed E-state index contributed by atoms with van der Waals surface area (Å²) < 4.78 is 18.2. The molecule has 1 aliphatic heterocycles. The van der Waals surface area contributed by atoms with Crippen molar-refractivity contribution < 1.29 is 9.13 Å². The highest BCUT2D eigenvalue weighted by atomic mass is 19.1. The molecule has 0 saturated carbocycles. The molecule has 2 nitrogen and oxygen atoms in total. The van der Waals surface area contributed by atoms with Gasteiger partial charge in [0.15, 0.2) is 0 Å². The topological polar surface area (TPSA) is 21.3 Å². The van der Waals surface area contributed by atoms with Crippen molar-refractivity contribution in [2.75, 3.05) is 18.5 Å². The van der Waals surface area contributed by atoms with E-state index >= 15 is 0 Å². The number of rotatable bonds is 3. The Balaban J connectivity index is 1.85. The monoisotopic (exact) mass is 195 g/mol. The fourth-order valence-electron chi connectivity index (χ4n) is 1.64. The Hall–Kier alpha value is -1.09. The number of anilines is 1. The lowest BCUT2D eigenvalue weighted by atomic mass is 10.2. The van der Waals surface area contributed by atoms with Crippen LogP contribution in [0.3, 0.4) is 0 Å². The first-order valence-corrected chi connectivity index (χ1v) is 4.95. The Labute approximate surface area is 83.1 Å². The van der Waals surface area contributed by atoms with E-state index in [2.05, 4.69) is 5.32 Å². The molecule has 0 amide bonds. The summed E-state index contributed by atoms with van der Waals surface area (Å²) in [6.07, 6.45) is 2.52. The number of halogens is 1. The van der Waals surface area contributed by atoms with Crippen LogP contribution in [0.15, 0.2) is 24.3 Å². The Bertz CT molecular complexity index is 297. The maximum atomic E-state index is 12.8. The van der Waals surface area contributed by atoms with Gasteiger partial charge >= 0.3 is 0 Å². The molecular formula is C11H14FNO. The van der Waals surface area contributed by atoms with Gasteiger partial charge in [0, 0.05) is 18.8 Å². The van der Waals surface area contributed by atoms with E-state index in [0.717, 1.165) is 31.7 Å². The molecule has 3 heteroatoms. The molecule has 2 rings (SSSR count). The first-order chi connectivity index (χ1) is 6.84. The van der Waals surface area contributed by atoms with Crippen LogP contribution in [0.5, 0.6) is 0 Å². The summed E-state index contributed by atoms with van der Waals surface area (Å²) in [7, 11) is 0.